The van der Waals surface area contributed by atoms with E-state index in [4.69, 9.17) is 0 Å². The van der Waals surface area contributed by atoms with Gasteiger partial charge in [-0.2, -0.15) is 0 Å². The van der Waals surface area contributed by atoms with E-state index in [1.54, 1.807) is 0 Å². The first-order chi connectivity index (χ1) is 8.43. The van der Waals surface area contributed by atoms with Crippen molar-refractivity contribution < 1.29 is 0 Å². The van der Waals surface area contributed by atoms with Gasteiger partial charge < -0.3 is 15.1 Å². The minimum Gasteiger partial charge on any atom is -0.368 e. The van der Waals surface area contributed by atoms with Gasteiger partial charge in [-0.05, 0) is 25.0 Å². The molecule has 1 aromatic rings. The molecule has 4 nitrogen and oxygen atoms in total. The number of anilines is 2. The van der Waals surface area contributed by atoms with Crippen LogP contribution in [0.25, 0.3) is 0 Å². The molecule has 0 atom stereocenters. The van der Waals surface area contributed by atoms with Gasteiger partial charge in [0.2, 0.25) is 0 Å². The Morgan fingerprint density at radius 1 is 0.895 bits per heavy atom. The van der Waals surface area contributed by atoms with Crippen molar-refractivity contribution in [2.45, 2.75) is 12.8 Å². The fraction of sp³-hybridized carbons (Fsp3) is 0.615. The molecule has 1 aromatic heterocycles. The summed E-state index contributed by atoms with van der Waals surface area (Å²) in [7, 11) is 0. The lowest BCUT2D eigenvalue weighted by Gasteiger charge is -2.29. The van der Waals surface area contributed by atoms with Gasteiger partial charge in [0.15, 0.2) is 0 Å². The molecule has 0 aliphatic carbocycles. The summed E-state index contributed by atoms with van der Waals surface area (Å²) in [4.78, 5) is 9.38. The quantitative estimate of drug-likeness (QED) is 0.905. The molecule has 0 aromatic carbocycles. The lowest BCUT2D eigenvalue weighted by Crippen LogP contribution is -2.43. The summed E-state index contributed by atoms with van der Waals surface area (Å²) in [6.07, 6.45) is 4.64. The first kappa shape index (κ1) is 16.3. The Hall–Kier alpha value is -0.710. The van der Waals surface area contributed by atoms with E-state index in [0.717, 1.165) is 32.0 Å². The Morgan fingerprint density at radius 3 is 2.16 bits per heavy atom. The highest BCUT2D eigenvalue weighted by Crippen LogP contribution is 2.21. The summed E-state index contributed by atoms with van der Waals surface area (Å²) in [5, 5.41) is 3.37. The molecular weight excluding hydrogens is 283 g/mol. The number of rotatable bonds is 2. The fourth-order valence-corrected chi connectivity index (χ4v) is 2.62. The van der Waals surface area contributed by atoms with Gasteiger partial charge in [-0.15, -0.1) is 24.8 Å². The average Bonchev–Trinajstić information content (AvgIpc) is 2.94. The standard InChI is InChI=1S/C13H20N4.2ClH/c1-2-8-17(7-1)13-4-3-12(11-15-13)16-9-5-14-6-10-16;;/h3-4,11,14H,1-2,5-10H2;2*1H. The number of pyridine rings is 1. The number of hydrogen-bond acceptors (Lipinski definition) is 4. The van der Waals surface area contributed by atoms with Gasteiger partial charge in [-0.3, -0.25) is 0 Å². The van der Waals surface area contributed by atoms with Gasteiger partial charge in [0.05, 0.1) is 11.9 Å². The van der Waals surface area contributed by atoms with Crippen LogP contribution < -0.4 is 15.1 Å². The smallest absolute Gasteiger partial charge is 0.128 e. The van der Waals surface area contributed by atoms with Crippen molar-refractivity contribution in [1.29, 1.82) is 0 Å². The molecule has 2 aliphatic heterocycles. The van der Waals surface area contributed by atoms with Crippen molar-refractivity contribution in [3.05, 3.63) is 18.3 Å². The highest BCUT2D eigenvalue weighted by atomic mass is 35.5. The van der Waals surface area contributed by atoms with Crippen molar-refractivity contribution >= 4 is 36.3 Å². The highest BCUT2D eigenvalue weighted by molar-refractivity contribution is 5.85. The number of piperazine rings is 1. The molecule has 2 saturated heterocycles. The molecule has 19 heavy (non-hydrogen) atoms. The monoisotopic (exact) mass is 304 g/mol. The van der Waals surface area contributed by atoms with Crippen molar-refractivity contribution in [3.63, 3.8) is 0 Å². The number of nitrogens with one attached hydrogen (secondary N) is 1. The molecule has 6 heteroatoms. The Morgan fingerprint density at radius 2 is 1.58 bits per heavy atom. The van der Waals surface area contributed by atoms with E-state index >= 15 is 0 Å². The van der Waals surface area contributed by atoms with Crippen molar-refractivity contribution in [3.8, 4) is 0 Å². The van der Waals surface area contributed by atoms with Crippen LogP contribution in [-0.4, -0.2) is 44.3 Å². The normalized spacial score (nSPS) is 18.7. The van der Waals surface area contributed by atoms with E-state index in [1.165, 1.54) is 31.6 Å². The van der Waals surface area contributed by atoms with Crippen LogP contribution in [-0.2, 0) is 0 Å². The maximum Gasteiger partial charge on any atom is 0.128 e. The third-order valence-electron chi connectivity index (χ3n) is 3.64. The van der Waals surface area contributed by atoms with Gasteiger partial charge >= 0.3 is 0 Å². The van der Waals surface area contributed by atoms with Crippen molar-refractivity contribution in [2.24, 2.45) is 0 Å². The molecular formula is C13H22Cl2N4. The third kappa shape index (κ3) is 3.88. The zero-order valence-electron chi connectivity index (χ0n) is 11.0. The number of hydrogen-bond donors (Lipinski definition) is 1. The maximum absolute atomic E-state index is 4.60. The predicted molar refractivity (Wildman–Crippen MR) is 85.3 cm³/mol. The molecule has 108 valence electrons. The molecule has 0 saturated carbocycles. The zero-order valence-corrected chi connectivity index (χ0v) is 12.7. The molecule has 1 N–H and O–H groups in total. The topological polar surface area (TPSA) is 31.4 Å². The fourth-order valence-electron chi connectivity index (χ4n) is 2.62. The second-order valence-corrected chi connectivity index (χ2v) is 4.81. The summed E-state index contributed by atoms with van der Waals surface area (Å²) in [5.74, 6) is 1.14. The summed E-state index contributed by atoms with van der Waals surface area (Å²) < 4.78 is 0. The van der Waals surface area contributed by atoms with Crippen LogP contribution in [0.5, 0.6) is 0 Å². The molecule has 0 radical (unpaired) electrons. The summed E-state index contributed by atoms with van der Waals surface area (Å²) in [6, 6.07) is 4.38. The molecule has 2 fully saturated rings. The molecule has 0 bridgehead atoms. The van der Waals surface area contributed by atoms with E-state index in [-0.39, 0.29) is 24.8 Å². The predicted octanol–water partition coefficient (Wildman–Crippen LogP) is 1.93. The van der Waals surface area contributed by atoms with Gasteiger partial charge in [0, 0.05) is 39.3 Å². The van der Waals surface area contributed by atoms with Crippen LogP contribution in [0.15, 0.2) is 18.3 Å². The molecule has 0 amide bonds. The van der Waals surface area contributed by atoms with E-state index in [2.05, 4.69) is 32.2 Å². The lowest BCUT2D eigenvalue weighted by molar-refractivity contribution is 0.588. The van der Waals surface area contributed by atoms with Gasteiger partial charge in [-0.25, -0.2) is 4.98 Å². The molecule has 2 aliphatic rings. The summed E-state index contributed by atoms with van der Waals surface area (Å²) in [6.45, 7) is 6.66. The molecule has 0 unspecified atom stereocenters. The minimum absolute atomic E-state index is 0. The molecule has 3 heterocycles. The minimum atomic E-state index is 0. The number of aromatic nitrogens is 1. The van der Waals surface area contributed by atoms with E-state index < -0.39 is 0 Å². The lowest BCUT2D eigenvalue weighted by atomic mass is 10.3. The molecule has 0 spiro atoms. The van der Waals surface area contributed by atoms with Crippen LogP contribution in [0.2, 0.25) is 0 Å². The van der Waals surface area contributed by atoms with E-state index in [0.29, 0.717) is 0 Å². The SMILES string of the molecule is Cl.Cl.c1cc(N2CCCC2)ncc1N1CCNCC1. The number of halogens is 2. The van der Waals surface area contributed by atoms with Gasteiger partial charge in [0.1, 0.15) is 5.82 Å². The third-order valence-corrected chi connectivity index (χ3v) is 3.64. The largest absolute Gasteiger partial charge is 0.368 e. The van der Waals surface area contributed by atoms with E-state index in [9.17, 15) is 0 Å². The second kappa shape index (κ2) is 7.78. The van der Waals surface area contributed by atoms with Crippen molar-refractivity contribution in [2.75, 3.05) is 49.1 Å². The second-order valence-electron chi connectivity index (χ2n) is 4.81. The highest BCUT2D eigenvalue weighted by Gasteiger charge is 2.14. The Balaban J connectivity index is 0.000000902. The van der Waals surface area contributed by atoms with Crippen LogP contribution in [0, 0.1) is 0 Å². The Kier molecular flexibility index (Phi) is 6.69. The van der Waals surface area contributed by atoms with Gasteiger partial charge in [0.25, 0.3) is 0 Å². The molecule has 3 rings (SSSR count). The number of nitrogens with zero attached hydrogens (tertiary/aromatic N) is 3. The summed E-state index contributed by atoms with van der Waals surface area (Å²) in [5.41, 5.74) is 1.26. The first-order valence-electron chi connectivity index (χ1n) is 6.60. The first-order valence-corrected chi connectivity index (χ1v) is 6.60. The van der Waals surface area contributed by atoms with Crippen LogP contribution in [0.1, 0.15) is 12.8 Å². The van der Waals surface area contributed by atoms with Crippen LogP contribution in [0.3, 0.4) is 0 Å². The zero-order chi connectivity index (χ0) is 11.5. The van der Waals surface area contributed by atoms with E-state index in [1.807, 2.05) is 6.20 Å². The maximum atomic E-state index is 4.60. The van der Waals surface area contributed by atoms with Crippen LogP contribution >= 0.6 is 24.8 Å². The van der Waals surface area contributed by atoms with Crippen molar-refractivity contribution in [1.82, 2.24) is 10.3 Å². The van der Waals surface area contributed by atoms with Gasteiger partial charge in [-0.1, -0.05) is 0 Å². The van der Waals surface area contributed by atoms with Crippen LogP contribution in [0.4, 0.5) is 11.5 Å². The Labute approximate surface area is 127 Å². The Bertz CT molecular complexity index is 359. The summed E-state index contributed by atoms with van der Waals surface area (Å²) >= 11 is 0. The average molecular weight is 305 g/mol.